The van der Waals surface area contributed by atoms with Crippen LogP contribution in [0, 0.1) is 5.92 Å². The van der Waals surface area contributed by atoms with Gasteiger partial charge in [0.25, 0.3) is 0 Å². The SMILES string of the molecule is CCC(C)/C=C\CCC(C)=NC. The van der Waals surface area contributed by atoms with Crippen LogP contribution in [0.2, 0.25) is 0 Å². The summed E-state index contributed by atoms with van der Waals surface area (Å²) in [5.74, 6) is 0.726. The van der Waals surface area contributed by atoms with E-state index in [2.05, 4.69) is 37.9 Å². The number of nitrogens with zero attached hydrogens (tertiary/aromatic N) is 1. The van der Waals surface area contributed by atoms with Gasteiger partial charge in [-0.3, -0.25) is 4.99 Å². The Morgan fingerprint density at radius 1 is 1.50 bits per heavy atom. The smallest absolute Gasteiger partial charge is 0.0276 e. The Bertz CT molecular complexity index is 156. The van der Waals surface area contributed by atoms with E-state index in [9.17, 15) is 0 Å². The number of hydrogen-bond donors (Lipinski definition) is 0. The minimum Gasteiger partial charge on any atom is -0.298 e. The average molecular weight is 167 g/mol. The monoisotopic (exact) mass is 167 g/mol. The molecule has 1 atom stereocenters. The molecule has 0 heterocycles. The zero-order valence-corrected chi connectivity index (χ0v) is 8.80. The minimum absolute atomic E-state index is 0.726. The van der Waals surface area contributed by atoms with Crippen LogP contribution in [-0.4, -0.2) is 12.8 Å². The lowest BCUT2D eigenvalue weighted by atomic mass is 10.1. The number of rotatable bonds is 5. The van der Waals surface area contributed by atoms with E-state index in [0.29, 0.717) is 0 Å². The summed E-state index contributed by atoms with van der Waals surface area (Å²) in [6.45, 7) is 6.54. The fourth-order valence-corrected chi connectivity index (χ4v) is 0.869. The summed E-state index contributed by atoms with van der Waals surface area (Å²) in [5, 5.41) is 0. The molecule has 1 heteroatoms. The van der Waals surface area contributed by atoms with E-state index in [4.69, 9.17) is 0 Å². The number of hydrogen-bond acceptors (Lipinski definition) is 1. The highest BCUT2D eigenvalue weighted by Crippen LogP contribution is 2.03. The molecule has 70 valence electrons. The zero-order valence-electron chi connectivity index (χ0n) is 8.80. The Balaban J connectivity index is 3.49. The van der Waals surface area contributed by atoms with Crippen LogP contribution in [0.3, 0.4) is 0 Å². The fourth-order valence-electron chi connectivity index (χ4n) is 0.869. The first-order chi connectivity index (χ1) is 5.70. The van der Waals surface area contributed by atoms with Crippen molar-refractivity contribution < 1.29 is 0 Å². The summed E-state index contributed by atoms with van der Waals surface area (Å²) in [7, 11) is 1.85. The van der Waals surface area contributed by atoms with E-state index >= 15 is 0 Å². The second kappa shape index (κ2) is 7.08. The standard InChI is InChI=1S/C11H21N/c1-5-10(2)8-6-7-9-11(3)12-4/h6,8,10H,5,7,9H2,1-4H3/b8-6-,12-11?. The maximum Gasteiger partial charge on any atom is 0.0276 e. The van der Waals surface area contributed by atoms with Crippen LogP contribution in [0.1, 0.15) is 40.0 Å². The molecular formula is C11H21N. The van der Waals surface area contributed by atoms with Gasteiger partial charge in [0.2, 0.25) is 0 Å². The van der Waals surface area contributed by atoms with E-state index in [-0.39, 0.29) is 0 Å². The zero-order chi connectivity index (χ0) is 9.40. The molecule has 0 aliphatic rings. The van der Waals surface area contributed by atoms with Gasteiger partial charge >= 0.3 is 0 Å². The summed E-state index contributed by atoms with van der Waals surface area (Å²) in [5.41, 5.74) is 1.24. The van der Waals surface area contributed by atoms with Crippen LogP contribution in [-0.2, 0) is 0 Å². The number of allylic oxidation sites excluding steroid dienone is 2. The third-order valence-corrected chi connectivity index (χ3v) is 2.16. The minimum atomic E-state index is 0.726. The molecule has 0 fully saturated rings. The van der Waals surface area contributed by atoms with Gasteiger partial charge in [-0.05, 0) is 25.7 Å². The molecule has 0 aromatic heterocycles. The molecule has 12 heavy (non-hydrogen) atoms. The fraction of sp³-hybridized carbons (Fsp3) is 0.727. The molecule has 0 bridgehead atoms. The highest BCUT2D eigenvalue weighted by Gasteiger charge is 1.90. The third-order valence-electron chi connectivity index (χ3n) is 2.16. The van der Waals surface area contributed by atoms with Crippen molar-refractivity contribution in [2.45, 2.75) is 40.0 Å². The molecule has 1 nitrogen and oxygen atoms in total. The van der Waals surface area contributed by atoms with E-state index in [1.807, 2.05) is 7.05 Å². The first kappa shape index (κ1) is 11.4. The molecule has 0 spiro atoms. The first-order valence-corrected chi connectivity index (χ1v) is 4.79. The predicted molar refractivity (Wildman–Crippen MR) is 56.9 cm³/mol. The lowest BCUT2D eigenvalue weighted by Gasteiger charge is -1.99. The Kier molecular flexibility index (Phi) is 6.73. The van der Waals surface area contributed by atoms with Crippen molar-refractivity contribution in [3.05, 3.63) is 12.2 Å². The van der Waals surface area contributed by atoms with Crippen LogP contribution >= 0.6 is 0 Å². The quantitative estimate of drug-likeness (QED) is 0.439. The Labute approximate surface area is 76.6 Å². The topological polar surface area (TPSA) is 12.4 Å². The van der Waals surface area contributed by atoms with Crippen molar-refractivity contribution in [1.82, 2.24) is 0 Å². The average Bonchev–Trinajstić information content (AvgIpc) is 2.11. The Morgan fingerprint density at radius 2 is 2.17 bits per heavy atom. The van der Waals surface area contributed by atoms with Crippen molar-refractivity contribution >= 4 is 5.71 Å². The highest BCUT2D eigenvalue weighted by molar-refractivity contribution is 5.81. The second-order valence-electron chi connectivity index (χ2n) is 3.31. The summed E-state index contributed by atoms with van der Waals surface area (Å²) in [6, 6.07) is 0. The maximum atomic E-state index is 4.11. The van der Waals surface area contributed by atoms with Gasteiger partial charge in [-0.25, -0.2) is 0 Å². The molecule has 0 saturated carbocycles. The largest absolute Gasteiger partial charge is 0.298 e. The molecule has 0 saturated heterocycles. The molecule has 1 unspecified atom stereocenters. The van der Waals surface area contributed by atoms with E-state index in [1.165, 1.54) is 12.1 Å². The Morgan fingerprint density at radius 3 is 2.67 bits per heavy atom. The van der Waals surface area contributed by atoms with Gasteiger partial charge in [-0.15, -0.1) is 0 Å². The van der Waals surface area contributed by atoms with Crippen molar-refractivity contribution in [3.63, 3.8) is 0 Å². The van der Waals surface area contributed by atoms with Crippen LogP contribution in [0.5, 0.6) is 0 Å². The van der Waals surface area contributed by atoms with Crippen molar-refractivity contribution in [3.8, 4) is 0 Å². The molecule has 0 aromatic rings. The second-order valence-corrected chi connectivity index (χ2v) is 3.31. The Hall–Kier alpha value is -0.590. The first-order valence-electron chi connectivity index (χ1n) is 4.79. The van der Waals surface area contributed by atoms with Crippen molar-refractivity contribution in [1.29, 1.82) is 0 Å². The maximum absolute atomic E-state index is 4.11. The summed E-state index contributed by atoms with van der Waals surface area (Å²) in [4.78, 5) is 4.11. The lowest BCUT2D eigenvalue weighted by Crippen LogP contribution is -1.89. The van der Waals surface area contributed by atoms with Gasteiger partial charge in [0.05, 0.1) is 0 Å². The van der Waals surface area contributed by atoms with Gasteiger partial charge in [0.15, 0.2) is 0 Å². The molecule has 0 rings (SSSR count). The van der Waals surface area contributed by atoms with Gasteiger partial charge in [0.1, 0.15) is 0 Å². The molecule has 0 N–H and O–H groups in total. The highest BCUT2D eigenvalue weighted by atomic mass is 14.7. The lowest BCUT2D eigenvalue weighted by molar-refractivity contribution is 0.695. The molecule has 0 amide bonds. The van der Waals surface area contributed by atoms with Gasteiger partial charge in [0, 0.05) is 12.8 Å². The van der Waals surface area contributed by atoms with Crippen LogP contribution in [0.25, 0.3) is 0 Å². The normalized spacial score (nSPS) is 15.5. The predicted octanol–water partition coefficient (Wildman–Crippen LogP) is 3.46. The van der Waals surface area contributed by atoms with E-state index in [0.717, 1.165) is 18.8 Å². The number of aliphatic imine (C=N–C) groups is 1. The van der Waals surface area contributed by atoms with Crippen LogP contribution in [0.4, 0.5) is 0 Å². The molecule has 0 aromatic carbocycles. The van der Waals surface area contributed by atoms with Crippen molar-refractivity contribution in [2.75, 3.05) is 7.05 Å². The molecule has 0 aliphatic carbocycles. The van der Waals surface area contributed by atoms with Gasteiger partial charge < -0.3 is 0 Å². The summed E-state index contributed by atoms with van der Waals surface area (Å²) in [6.07, 6.45) is 8.03. The van der Waals surface area contributed by atoms with Crippen molar-refractivity contribution in [2.24, 2.45) is 10.9 Å². The van der Waals surface area contributed by atoms with E-state index in [1.54, 1.807) is 0 Å². The van der Waals surface area contributed by atoms with Crippen LogP contribution in [0.15, 0.2) is 17.1 Å². The molecule has 0 radical (unpaired) electrons. The third kappa shape index (κ3) is 6.14. The molecule has 0 aliphatic heterocycles. The summed E-state index contributed by atoms with van der Waals surface area (Å²) >= 11 is 0. The van der Waals surface area contributed by atoms with Gasteiger partial charge in [-0.2, -0.15) is 0 Å². The van der Waals surface area contributed by atoms with E-state index < -0.39 is 0 Å². The van der Waals surface area contributed by atoms with Crippen LogP contribution < -0.4 is 0 Å². The molecular weight excluding hydrogens is 146 g/mol. The summed E-state index contributed by atoms with van der Waals surface area (Å²) < 4.78 is 0. The van der Waals surface area contributed by atoms with Gasteiger partial charge in [-0.1, -0.05) is 32.4 Å².